The van der Waals surface area contributed by atoms with Crippen molar-refractivity contribution in [2.75, 3.05) is 0 Å². The maximum absolute atomic E-state index is 6.60. The predicted octanol–water partition coefficient (Wildman–Crippen LogP) is 1.72. The first-order chi connectivity index (χ1) is 9.28. The minimum absolute atomic E-state index is 0.342. The van der Waals surface area contributed by atoms with E-state index in [4.69, 9.17) is 5.73 Å². The average Bonchev–Trinajstić information content (AvgIpc) is 3.05. The summed E-state index contributed by atoms with van der Waals surface area (Å²) >= 11 is 0. The van der Waals surface area contributed by atoms with Crippen molar-refractivity contribution in [3.05, 3.63) is 24.3 Å². The van der Waals surface area contributed by atoms with Crippen LogP contribution in [0, 0.1) is 0 Å². The van der Waals surface area contributed by atoms with Crippen LogP contribution in [0.3, 0.4) is 0 Å². The third-order valence-corrected chi connectivity index (χ3v) is 4.19. The highest BCUT2D eigenvalue weighted by Gasteiger charge is 2.34. The molecule has 1 aliphatic carbocycles. The Labute approximate surface area is 110 Å². The molecule has 1 fully saturated rings. The fourth-order valence-electron chi connectivity index (χ4n) is 3.15. The summed E-state index contributed by atoms with van der Waals surface area (Å²) in [6, 6.07) is 2.01. The van der Waals surface area contributed by atoms with Gasteiger partial charge in [-0.1, -0.05) is 24.5 Å². The standard InChI is InChI=1S/C13H16N6/c14-13(5-2-1-3-6-13)11-10-9-4-7-15-12(9)16-8-19(10)18-17-11/h4,7-8,15H,1-3,5-6,14H2. The van der Waals surface area contributed by atoms with Crippen LogP contribution in [0.2, 0.25) is 0 Å². The second kappa shape index (κ2) is 3.77. The van der Waals surface area contributed by atoms with E-state index in [9.17, 15) is 0 Å². The van der Waals surface area contributed by atoms with E-state index in [0.717, 1.165) is 47.9 Å². The number of nitrogens with one attached hydrogen (secondary N) is 1. The quantitative estimate of drug-likeness (QED) is 0.694. The topological polar surface area (TPSA) is 84.9 Å². The average molecular weight is 256 g/mol. The van der Waals surface area contributed by atoms with Crippen molar-refractivity contribution in [3.63, 3.8) is 0 Å². The third-order valence-electron chi connectivity index (χ3n) is 4.19. The number of fused-ring (bicyclic) bond motifs is 3. The number of hydrogen-bond acceptors (Lipinski definition) is 4. The first kappa shape index (κ1) is 10.9. The first-order valence-corrected chi connectivity index (χ1v) is 6.74. The molecule has 6 heteroatoms. The molecule has 1 aliphatic rings. The molecule has 1 saturated carbocycles. The lowest BCUT2D eigenvalue weighted by molar-refractivity contribution is 0.297. The molecule has 3 N–H and O–H groups in total. The zero-order valence-electron chi connectivity index (χ0n) is 10.6. The predicted molar refractivity (Wildman–Crippen MR) is 71.6 cm³/mol. The lowest BCUT2D eigenvalue weighted by Gasteiger charge is -2.31. The molecule has 6 nitrogen and oxygen atoms in total. The molecule has 4 rings (SSSR count). The van der Waals surface area contributed by atoms with Crippen LogP contribution in [-0.2, 0) is 5.54 Å². The number of aromatic amines is 1. The first-order valence-electron chi connectivity index (χ1n) is 6.74. The molecule has 0 aliphatic heterocycles. The highest BCUT2D eigenvalue weighted by Crippen LogP contribution is 2.36. The number of nitrogens with two attached hydrogens (primary N) is 1. The second-order valence-corrected chi connectivity index (χ2v) is 5.43. The smallest absolute Gasteiger partial charge is 0.141 e. The highest BCUT2D eigenvalue weighted by atomic mass is 15.4. The molecular weight excluding hydrogens is 240 g/mol. The lowest BCUT2D eigenvalue weighted by atomic mass is 9.79. The summed E-state index contributed by atoms with van der Waals surface area (Å²) in [7, 11) is 0. The molecule has 3 aromatic rings. The highest BCUT2D eigenvalue weighted by molar-refractivity contribution is 5.93. The van der Waals surface area contributed by atoms with Gasteiger partial charge in [0.2, 0.25) is 0 Å². The molecular formula is C13H16N6. The number of rotatable bonds is 1. The van der Waals surface area contributed by atoms with E-state index in [-0.39, 0.29) is 5.54 Å². The number of nitrogens with zero attached hydrogens (tertiary/aromatic N) is 4. The van der Waals surface area contributed by atoms with Crippen LogP contribution in [-0.4, -0.2) is 24.8 Å². The van der Waals surface area contributed by atoms with Crippen LogP contribution >= 0.6 is 0 Å². The summed E-state index contributed by atoms with van der Waals surface area (Å²) in [5, 5.41) is 9.57. The summed E-state index contributed by atoms with van der Waals surface area (Å²) in [6.45, 7) is 0. The van der Waals surface area contributed by atoms with Gasteiger partial charge in [-0.2, -0.15) is 0 Å². The molecule has 0 unspecified atom stereocenters. The van der Waals surface area contributed by atoms with Gasteiger partial charge in [-0.3, -0.25) is 0 Å². The SMILES string of the molecule is NC1(c2nnn3cnc4[nH]ccc4c23)CCCCC1. The summed E-state index contributed by atoms with van der Waals surface area (Å²) in [4.78, 5) is 7.44. The van der Waals surface area contributed by atoms with Crippen LogP contribution in [0.1, 0.15) is 37.8 Å². The fourth-order valence-corrected chi connectivity index (χ4v) is 3.15. The van der Waals surface area contributed by atoms with E-state index in [1.807, 2.05) is 12.3 Å². The van der Waals surface area contributed by atoms with Crippen LogP contribution < -0.4 is 5.73 Å². The van der Waals surface area contributed by atoms with E-state index in [2.05, 4.69) is 20.3 Å². The van der Waals surface area contributed by atoms with Crippen LogP contribution in [0.4, 0.5) is 0 Å². The van der Waals surface area contributed by atoms with E-state index >= 15 is 0 Å². The largest absolute Gasteiger partial charge is 0.346 e. The lowest BCUT2D eigenvalue weighted by Crippen LogP contribution is -2.39. The van der Waals surface area contributed by atoms with E-state index < -0.39 is 0 Å². The van der Waals surface area contributed by atoms with Gasteiger partial charge >= 0.3 is 0 Å². The van der Waals surface area contributed by atoms with Crippen LogP contribution in [0.15, 0.2) is 18.6 Å². The van der Waals surface area contributed by atoms with Crippen molar-refractivity contribution in [1.29, 1.82) is 0 Å². The number of hydrogen-bond donors (Lipinski definition) is 2. The van der Waals surface area contributed by atoms with Gasteiger partial charge in [0.25, 0.3) is 0 Å². The van der Waals surface area contributed by atoms with Crippen molar-refractivity contribution in [3.8, 4) is 0 Å². The Bertz CT molecular complexity index is 734. The molecule has 0 radical (unpaired) electrons. The molecule has 3 aromatic heterocycles. The molecule has 3 heterocycles. The molecule has 0 atom stereocenters. The van der Waals surface area contributed by atoms with Gasteiger partial charge in [-0.25, -0.2) is 9.50 Å². The van der Waals surface area contributed by atoms with Gasteiger partial charge in [0.15, 0.2) is 0 Å². The van der Waals surface area contributed by atoms with Gasteiger partial charge in [-0.05, 0) is 18.9 Å². The molecule has 0 bridgehead atoms. The van der Waals surface area contributed by atoms with Crippen LogP contribution in [0.25, 0.3) is 16.6 Å². The van der Waals surface area contributed by atoms with Crippen molar-refractivity contribution in [2.24, 2.45) is 5.73 Å². The van der Waals surface area contributed by atoms with Gasteiger partial charge in [-0.15, -0.1) is 5.10 Å². The summed E-state index contributed by atoms with van der Waals surface area (Å²) in [5.74, 6) is 0. The summed E-state index contributed by atoms with van der Waals surface area (Å²) in [6.07, 6.45) is 9.13. The maximum atomic E-state index is 6.60. The van der Waals surface area contributed by atoms with Gasteiger partial charge < -0.3 is 10.7 Å². The fraction of sp³-hybridized carbons (Fsp3) is 0.462. The Balaban J connectivity index is 2.01. The minimum atomic E-state index is -0.342. The Kier molecular flexibility index (Phi) is 2.17. The number of H-pyrrole nitrogens is 1. The Morgan fingerprint density at radius 3 is 2.95 bits per heavy atom. The van der Waals surface area contributed by atoms with Gasteiger partial charge in [0.1, 0.15) is 23.2 Å². The van der Waals surface area contributed by atoms with E-state index in [1.165, 1.54) is 6.42 Å². The second-order valence-electron chi connectivity index (χ2n) is 5.43. The maximum Gasteiger partial charge on any atom is 0.141 e. The monoisotopic (exact) mass is 256 g/mol. The van der Waals surface area contributed by atoms with Crippen molar-refractivity contribution >= 4 is 16.6 Å². The Morgan fingerprint density at radius 1 is 1.26 bits per heavy atom. The normalized spacial score (nSPS) is 19.2. The van der Waals surface area contributed by atoms with Crippen molar-refractivity contribution in [1.82, 2.24) is 24.8 Å². The minimum Gasteiger partial charge on any atom is -0.346 e. The molecule has 0 spiro atoms. The van der Waals surface area contributed by atoms with Crippen molar-refractivity contribution < 1.29 is 0 Å². The molecule has 19 heavy (non-hydrogen) atoms. The molecule has 0 saturated heterocycles. The molecule has 0 aromatic carbocycles. The van der Waals surface area contributed by atoms with Gasteiger partial charge in [0, 0.05) is 11.6 Å². The molecule has 0 amide bonds. The molecule has 98 valence electrons. The van der Waals surface area contributed by atoms with E-state index in [0.29, 0.717) is 0 Å². The van der Waals surface area contributed by atoms with Gasteiger partial charge in [0.05, 0.1) is 5.54 Å². The van der Waals surface area contributed by atoms with Crippen molar-refractivity contribution in [2.45, 2.75) is 37.6 Å². The van der Waals surface area contributed by atoms with E-state index in [1.54, 1.807) is 10.8 Å². The van der Waals surface area contributed by atoms with Crippen LogP contribution in [0.5, 0.6) is 0 Å². The zero-order valence-corrected chi connectivity index (χ0v) is 10.6. The summed E-state index contributed by atoms with van der Waals surface area (Å²) < 4.78 is 1.73. The Hall–Kier alpha value is -1.95. The zero-order chi connectivity index (χ0) is 12.9. The third kappa shape index (κ3) is 1.49. The Morgan fingerprint density at radius 2 is 2.11 bits per heavy atom. The summed E-state index contributed by atoms with van der Waals surface area (Å²) in [5.41, 5.74) is 9.03. The number of aromatic nitrogens is 5.